The number of nitrogens with two attached hydrogens (primary N) is 1. The summed E-state index contributed by atoms with van der Waals surface area (Å²) in [5, 5.41) is 3.64. The van der Waals surface area contributed by atoms with Gasteiger partial charge in [-0.1, -0.05) is 30.3 Å². The van der Waals surface area contributed by atoms with Crippen LogP contribution < -0.4 is 5.84 Å². The van der Waals surface area contributed by atoms with Crippen LogP contribution in [0.15, 0.2) is 35.4 Å². The SMILES string of the molecule is C/C(CCCc1ccccc1)=N\N. The molecule has 0 bridgehead atoms. The van der Waals surface area contributed by atoms with Crippen molar-refractivity contribution >= 4 is 5.71 Å². The van der Waals surface area contributed by atoms with Gasteiger partial charge in [-0.15, -0.1) is 0 Å². The highest BCUT2D eigenvalue weighted by Crippen LogP contribution is 2.04. The van der Waals surface area contributed by atoms with E-state index in [4.69, 9.17) is 5.84 Å². The molecule has 1 rings (SSSR count). The zero-order valence-electron chi connectivity index (χ0n) is 8.03. The second kappa shape index (κ2) is 5.36. The quantitative estimate of drug-likeness (QED) is 0.427. The zero-order chi connectivity index (χ0) is 9.52. The van der Waals surface area contributed by atoms with Crippen molar-refractivity contribution in [3.63, 3.8) is 0 Å². The van der Waals surface area contributed by atoms with Gasteiger partial charge in [0.2, 0.25) is 0 Å². The first-order valence-corrected chi connectivity index (χ1v) is 4.60. The molecule has 0 saturated heterocycles. The van der Waals surface area contributed by atoms with Crippen LogP contribution in [-0.2, 0) is 6.42 Å². The second-order valence-electron chi connectivity index (χ2n) is 3.20. The van der Waals surface area contributed by atoms with Crippen LogP contribution in [0.2, 0.25) is 0 Å². The molecule has 0 aromatic heterocycles. The van der Waals surface area contributed by atoms with Crippen LogP contribution in [0.25, 0.3) is 0 Å². The lowest BCUT2D eigenvalue weighted by Gasteiger charge is -2.00. The van der Waals surface area contributed by atoms with Gasteiger partial charge in [0.15, 0.2) is 0 Å². The molecule has 0 saturated carbocycles. The van der Waals surface area contributed by atoms with Gasteiger partial charge in [0.25, 0.3) is 0 Å². The molecule has 1 aromatic rings. The summed E-state index contributed by atoms with van der Waals surface area (Å²) < 4.78 is 0. The van der Waals surface area contributed by atoms with E-state index in [9.17, 15) is 0 Å². The van der Waals surface area contributed by atoms with Gasteiger partial charge in [-0.05, 0) is 31.7 Å². The Labute approximate surface area is 79.5 Å². The largest absolute Gasteiger partial charge is 0.323 e. The Balaban J connectivity index is 2.28. The highest BCUT2D eigenvalue weighted by molar-refractivity contribution is 5.81. The van der Waals surface area contributed by atoms with Crippen molar-refractivity contribution in [2.75, 3.05) is 0 Å². The summed E-state index contributed by atoms with van der Waals surface area (Å²) in [7, 11) is 0. The Morgan fingerprint density at radius 1 is 1.31 bits per heavy atom. The third-order valence-electron chi connectivity index (χ3n) is 2.07. The van der Waals surface area contributed by atoms with Crippen LogP contribution in [0.3, 0.4) is 0 Å². The molecule has 0 aliphatic rings. The van der Waals surface area contributed by atoms with Crippen molar-refractivity contribution in [3.8, 4) is 0 Å². The fraction of sp³-hybridized carbons (Fsp3) is 0.364. The van der Waals surface area contributed by atoms with Gasteiger partial charge in [-0.2, -0.15) is 5.10 Å². The number of benzene rings is 1. The summed E-state index contributed by atoms with van der Waals surface area (Å²) in [5.74, 6) is 5.14. The average molecular weight is 176 g/mol. The van der Waals surface area contributed by atoms with Gasteiger partial charge in [0, 0.05) is 5.71 Å². The molecule has 0 unspecified atom stereocenters. The smallest absolute Gasteiger partial charge is 0.0345 e. The predicted octanol–water partition coefficient (Wildman–Crippen LogP) is 2.34. The fourth-order valence-corrected chi connectivity index (χ4v) is 1.26. The maximum absolute atomic E-state index is 5.14. The number of hydrogen-bond donors (Lipinski definition) is 1. The molecule has 0 aliphatic heterocycles. The lowest BCUT2D eigenvalue weighted by molar-refractivity contribution is 0.859. The highest BCUT2D eigenvalue weighted by Gasteiger charge is 1.93. The van der Waals surface area contributed by atoms with Gasteiger partial charge in [0.05, 0.1) is 0 Å². The van der Waals surface area contributed by atoms with Crippen LogP contribution in [0.5, 0.6) is 0 Å². The monoisotopic (exact) mass is 176 g/mol. The molecule has 0 atom stereocenters. The number of nitrogens with zero attached hydrogens (tertiary/aromatic N) is 1. The summed E-state index contributed by atoms with van der Waals surface area (Å²) in [4.78, 5) is 0. The molecule has 0 fully saturated rings. The molecular weight excluding hydrogens is 160 g/mol. The standard InChI is InChI=1S/C11H16N2/c1-10(13-12)6-5-9-11-7-3-2-4-8-11/h2-4,7-8H,5-6,9,12H2,1H3/b13-10+. The van der Waals surface area contributed by atoms with Crippen LogP contribution >= 0.6 is 0 Å². The van der Waals surface area contributed by atoms with Gasteiger partial charge < -0.3 is 5.84 Å². The molecular formula is C11H16N2. The van der Waals surface area contributed by atoms with Gasteiger partial charge >= 0.3 is 0 Å². The number of hydrogen-bond acceptors (Lipinski definition) is 2. The molecule has 13 heavy (non-hydrogen) atoms. The summed E-state index contributed by atoms with van der Waals surface area (Å²) >= 11 is 0. The molecule has 70 valence electrons. The number of aryl methyl sites for hydroxylation is 1. The predicted molar refractivity (Wildman–Crippen MR) is 56.7 cm³/mol. The molecule has 2 N–H and O–H groups in total. The first kappa shape index (κ1) is 9.78. The molecule has 0 spiro atoms. The zero-order valence-corrected chi connectivity index (χ0v) is 8.03. The van der Waals surface area contributed by atoms with Crippen molar-refractivity contribution in [2.45, 2.75) is 26.2 Å². The number of rotatable bonds is 4. The lowest BCUT2D eigenvalue weighted by atomic mass is 10.1. The van der Waals surface area contributed by atoms with E-state index in [1.54, 1.807) is 0 Å². The van der Waals surface area contributed by atoms with Crippen molar-refractivity contribution in [3.05, 3.63) is 35.9 Å². The maximum atomic E-state index is 5.14. The van der Waals surface area contributed by atoms with Crippen LogP contribution in [0, 0.1) is 0 Å². The second-order valence-corrected chi connectivity index (χ2v) is 3.20. The van der Waals surface area contributed by atoms with Gasteiger partial charge in [0.1, 0.15) is 0 Å². The topological polar surface area (TPSA) is 38.4 Å². The molecule has 0 aliphatic carbocycles. The summed E-state index contributed by atoms with van der Waals surface area (Å²) in [6.45, 7) is 1.96. The Hall–Kier alpha value is -1.31. The van der Waals surface area contributed by atoms with E-state index in [1.165, 1.54) is 5.56 Å². The molecule has 2 heteroatoms. The van der Waals surface area contributed by atoms with Crippen molar-refractivity contribution in [2.24, 2.45) is 10.9 Å². The first-order valence-electron chi connectivity index (χ1n) is 4.60. The third-order valence-corrected chi connectivity index (χ3v) is 2.07. The summed E-state index contributed by atoms with van der Waals surface area (Å²) in [6.07, 6.45) is 3.22. The normalized spacial score (nSPS) is 11.6. The van der Waals surface area contributed by atoms with E-state index in [0.29, 0.717) is 0 Å². The third kappa shape index (κ3) is 3.74. The lowest BCUT2D eigenvalue weighted by Crippen LogP contribution is -1.97. The van der Waals surface area contributed by atoms with Crippen molar-refractivity contribution < 1.29 is 0 Å². The molecule has 1 aromatic carbocycles. The van der Waals surface area contributed by atoms with E-state index >= 15 is 0 Å². The number of hydrazone groups is 1. The summed E-state index contributed by atoms with van der Waals surface area (Å²) in [5.41, 5.74) is 2.41. The molecule has 0 radical (unpaired) electrons. The van der Waals surface area contributed by atoms with Gasteiger partial charge in [-0.3, -0.25) is 0 Å². The van der Waals surface area contributed by atoms with Crippen molar-refractivity contribution in [1.29, 1.82) is 0 Å². The molecule has 0 amide bonds. The van der Waals surface area contributed by atoms with Gasteiger partial charge in [-0.25, -0.2) is 0 Å². The Bertz CT molecular complexity index is 265. The van der Waals surface area contributed by atoms with E-state index in [0.717, 1.165) is 25.0 Å². The van der Waals surface area contributed by atoms with Crippen LogP contribution in [-0.4, -0.2) is 5.71 Å². The molecule has 0 heterocycles. The minimum absolute atomic E-state index is 0.991. The van der Waals surface area contributed by atoms with Crippen LogP contribution in [0.4, 0.5) is 0 Å². The Morgan fingerprint density at radius 2 is 2.00 bits per heavy atom. The van der Waals surface area contributed by atoms with Crippen molar-refractivity contribution in [1.82, 2.24) is 0 Å². The average Bonchev–Trinajstić information content (AvgIpc) is 2.19. The maximum Gasteiger partial charge on any atom is 0.0345 e. The van der Waals surface area contributed by atoms with E-state index in [2.05, 4.69) is 29.4 Å². The minimum Gasteiger partial charge on any atom is -0.323 e. The molecule has 2 nitrogen and oxygen atoms in total. The highest BCUT2D eigenvalue weighted by atomic mass is 15.1. The Kier molecular flexibility index (Phi) is 4.03. The van der Waals surface area contributed by atoms with E-state index < -0.39 is 0 Å². The van der Waals surface area contributed by atoms with E-state index in [1.807, 2.05) is 13.0 Å². The first-order chi connectivity index (χ1) is 6.33. The van der Waals surface area contributed by atoms with Crippen LogP contribution in [0.1, 0.15) is 25.3 Å². The fourth-order valence-electron chi connectivity index (χ4n) is 1.26. The minimum atomic E-state index is 0.991. The summed E-state index contributed by atoms with van der Waals surface area (Å²) in [6, 6.07) is 10.5. The van der Waals surface area contributed by atoms with E-state index in [-0.39, 0.29) is 0 Å². The Morgan fingerprint density at radius 3 is 2.62 bits per heavy atom.